The van der Waals surface area contributed by atoms with Crippen molar-refractivity contribution in [3.63, 3.8) is 0 Å². The number of nitrogens with zero attached hydrogens (tertiary/aromatic N) is 1. The highest BCUT2D eigenvalue weighted by Crippen LogP contribution is 2.39. The second-order valence-electron chi connectivity index (χ2n) is 5.06. The fraction of sp³-hybridized carbons (Fsp3) is 0.188. The van der Waals surface area contributed by atoms with Crippen LogP contribution in [0.4, 0.5) is 5.69 Å². The maximum atomic E-state index is 12.5. The highest BCUT2D eigenvalue weighted by atomic mass is 35.5. The molecule has 0 saturated heterocycles. The van der Waals surface area contributed by atoms with Crippen molar-refractivity contribution in [1.29, 1.82) is 0 Å². The Hall–Kier alpha value is -2.40. The molecule has 0 aliphatic carbocycles. The van der Waals surface area contributed by atoms with E-state index in [0.29, 0.717) is 5.56 Å². The third kappa shape index (κ3) is 2.23. The average Bonchev–Trinajstić information content (AvgIpc) is 2.53. The summed E-state index contributed by atoms with van der Waals surface area (Å²) in [6.07, 6.45) is -0.394. The largest absolute Gasteiger partial charge is 0.503 e. The molecule has 1 aliphatic heterocycles. The molecule has 0 spiro atoms. The molecular formula is C16H15ClN2O3. The Morgan fingerprint density at radius 2 is 2.05 bits per heavy atom. The van der Waals surface area contributed by atoms with Crippen LogP contribution in [0.25, 0.3) is 0 Å². The van der Waals surface area contributed by atoms with Crippen LogP contribution < -0.4 is 10.1 Å². The van der Waals surface area contributed by atoms with Crippen LogP contribution in [0.15, 0.2) is 36.4 Å². The van der Waals surface area contributed by atoms with Crippen LogP contribution in [0.3, 0.4) is 0 Å². The molecule has 2 aromatic carbocycles. The molecule has 1 heterocycles. The molecule has 0 bridgehead atoms. The summed E-state index contributed by atoms with van der Waals surface area (Å²) in [5.74, 6) is 0.0737. The summed E-state index contributed by atoms with van der Waals surface area (Å²) in [6, 6.07) is 10.6. The Bertz CT molecular complexity index is 748. The molecule has 6 heteroatoms. The molecule has 114 valence electrons. The topological polar surface area (TPSA) is 61.8 Å². The predicted octanol–water partition coefficient (Wildman–Crippen LogP) is 3.25. The molecule has 1 atom stereocenters. The van der Waals surface area contributed by atoms with Gasteiger partial charge in [-0.2, -0.15) is 0 Å². The molecule has 1 amide bonds. The van der Waals surface area contributed by atoms with E-state index < -0.39 is 6.17 Å². The van der Waals surface area contributed by atoms with Crippen LogP contribution in [0.1, 0.15) is 22.1 Å². The number of carbonyl (C=O) groups excluding carboxylic acids is 1. The zero-order valence-corrected chi connectivity index (χ0v) is 12.9. The zero-order chi connectivity index (χ0) is 15.9. The van der Waals surface area contributed by atoms with Gasteiger partial charge in [0.2, 0.25) is 0 Å². The van der Waals surface area contributed by atoms with Crippen molar-refractivity contribution in [3.05, 3.63) is 52.5 Å². The van der Waals surface area contributed by atoms with E-state index in [2.05, 4.69) is 5.32 Å². The highest BCUT2D eigenvalue weighted by molar-refractivity contribution is 6.32. The van der Waals surface area contributed by atoms with Gasteiger partial charge in [-0.1, -0.05) is 23.7 Å². The number of carbonyl (C=O) groups is 1. The van der Waals surface area contributed by atoms with E-state index in [-0.39, 0.29) is 22.4 Å². The van der Waals surface area contributed by atoms with Crippen molar-refractivity contribution in [2.75, 3.05) is 19.5 Å². The monoisotopic (exact) mass is 318 g/mol. The van der Waals surface area contributed by atoms with Crippen molar-refractivity contribution >= 4 is 23.2 Å². The second kappa shape index (κ2) is 5.42. The minimum Gasteiger partial charge on any atom is -0.503 e. The highest BCUT2D eigenvalue weighted by Gasteiger charge is 2.30. The van der Waals surface area contributed by atoms with Crippen LogP contribution in [0, 0.1) is 0 Å². The lowest BCUT2D eigenvalue weighted by atomic mass is 10.0. The fourth-order valence-electron chi connectivity index (χ4n) is 2.56. The average molecular weight is 319 g/mol. The number of phenols is 1. The summed E-state index contributed by atoms with van der Waals surface area (Å²) in [5.41, 5.74) is 2.11. The van der Waals surface area contributed by atoms with Crippen molar-refractivity contribution in [2.45, 2.75) is 6.17 Å². The number of fused-ring (bicyclic) bond motifs is 1. The Balaban J connectivity index is 2.06. The number of phenolic OH excluding ortho intramolecular Hbond substituents is 1. The lowest BCUT2D eigenvalue weighted by Crippen LogP contribution is -2.40. The summed E-state index contributed by atoms with van der Waals surface area (Å²) >= 11 is 6.04. The first-order valence-electron chi connectivity index (χ1n) is 6.72. The van der Waals surface area contributed by atoms with Gasteiger partial charge in [0.25, 0.3) is 5.91 Å². The van der Waals surface area contributed by atoms with Gasteiger partial charge in [-0.05, 0) is 24.3 Å². The van der Waals surface area contributed by atoms with E-state index in [1.165, 1.54) is 7.11 Å². The second-order valence-corrected chi connectivity index (χ2v) is 5.47. The van der Waals surface area contributed by atoms with E-state index in [0.717, 1.165) is 11.3 Å². The summed E-state index contributed by atoms with van der Waals surface area (Å²) in [4.78, 5) is 14.1. The van der Waals surface area contributed by atoms with Crippen LogP contribution in [-0.4, -0.2) is 30.1 Å². The van der Waals surface area contributed by atoms with Crippen molar-refractivity contribution < 1.29 is 14.6 Å². The third-order valence-electron chi connectivity index (χ3n) is 3.74. The molecule has 0 radical (unpaired) electrons. The van der Waals surface area contributed by atoms with Crippen molar-refractivity contribution in [2.24, 2.45) is 0 Å². The molecular weight excluding hydrogens is 304 g/mol. The summed E-state index contributed by atoms with van der Waals surface area (Å²) in [5, 5.41) is 13.3. The SMILES string of the molecule is COc1cc(C2Nc3ccccc3C(=O)N2C)cc(Cl)c1O. The number of amides is 1. The number of rotatable bonds is 2. The molecule has 1 aliphatic rings. The summed E-state index contributed by atoms with van der Waals surface area (Å²) in [7, 11) is 3.16. The van der Waals surface area contributed by atoms with Gasteiger partial charge in [0, 0.05) is 18.3 Å². The lowest BCUT2D eigenvalue weighted by Gasteiger charge is -2.35. The molecule has 2 N–H and O–H groups in total. The van der Waals surface area contributed by atoms with E-state index >= 15 is 0 Å². The van der Waals surface area contributed by atoms with Crippen molar-refractivity contribution in [3.8, 4) is 11.5 Å². The van der Waals surface area contributed by atoms with Crippen molar-refractivity contribution in [1.82, 2.24) is 4.90 Å². The van der Waals surface area contributed by atoms with Gasteiger partial charge >= 0.3 is 0 Å². The molecule has 0 saturated carbocycles. The molecule has 3 rings (SSSR count). The minimum absolute atomic E-state index is 0.0810. The molecule has 0 fully saturated rings. The molecule has 2 aromatic rings. The number of hydrogen-bond acceptors (Lipinski definition) is 4. The number of ether oxygens (including phenoxy) is 1. The third-order valence-corrected chi connectivity index (χ3v) is 4.03. The maximum Gasteiger partial charge on any atom is 0.257 e. The quantitative estimate of drug-likeness (QED) is 0.892. The first-order chi connectivity index (χ1) is 10.5. The summed E-state index contributed by atoms with van der Waals surface area (Å²) < 4.78 is 5.12. The van der Waals surface area contributed by atoms with Gasteiger partial charge in [-0.3, -0.25) is 4.79 Å². The number of methoxy groups -OCH3 is 1. The zero-order valence-electron chi connectivity index (χ0n) is 12.1. The Morgan fingerprint density at radius 3 is 2.77 bits per heavy atom. The standard InChI is InChI=1S/C16H15ClN2O3/c1-19-15(9-7-11(17)14(20)13(8-9)22-2)18-12-6-4-3-5-10(12)16(19)21/h3-8,15,18,20H,1-2H3. The van der Waals surface area contributed by atoms with Gasteiger partial charge < -0.3 is 20.1 Å². The maximum absolute atomic E-state index is 12.5. The first-order valence-corrected chi connectivity index (χ1v) is 7.10. The Kier molecular flexibility index (Phi) is 3.58. The van der Waals surface area contributed by atoms with E-state index in [1.54, 1.807) is 30.1 Å². The number of benzene rings is 2. The number of hydrogen-bond donors (Lipinski definition) is 2. The number of aromatic hydroxyl groups is 1. The van der Waals surface area contributed by atoms with Crippen LogP contribution >= 0.6 is 11.6 Å². The molecule has 1 unspecified atom stereocenters. The first kappa shape index (κ1) is 14.5. The number of para-hydroxylation sites is 1. The lowest BCUT2D eigenvalue weighted by molar-refractivity contribution is 0.0735. The van der Waals surface area contributed by atoms with Gasteiger partial charge in [0.05, 0.1) is 17.7 Å². The normalized spacial score (nSPS) is 17.0. The summed E-state index contributed by atoms with van der Waals surface area (Å²) in [6.45, 7) is 0. The molecule has 0 aromatic heterocycles. The fourth-order valence-corrected chi connectivity index (χ4v) is 2.78. The van der Waals surface area contributed by atoms with E-state index in [4.69, 9.17) is 16.3 Å². The van der Waals surface area contributed by atoms with Crippen LogP contribution in [0.5, 0.6) is 11.5 Å². The van der Waals surface area contributed by atoms with E-state index in [9.17, 15) is 9.90 Å². The number of anilines is 1. The Morgan fingerprint density at radius 1 is 1.32 bits per heavy atom. The molecule has 22 heavy (non-hydrogen) atoms. The Labute approximate surface area is 133 Å². The van der Waals surface area contributed by atoms with Gasteiger partial charge in [0.15, 0.2) is 11.5 Å². The minimum atomic E-state index is -0.394. The van der Waals surface area contributed by atoms with E-state index in [1.807, 2.05) is 18.2 Å². The molecule has 5 nitrogen and oxygen atoms in total. The van der Waals surface area contributed by atoms with Gasteiger partial charge in [-0.15, -0.1) is 0 Å². The van der Waals surface area contributed by atoms with Crippen LogP contribution in [0.2, 0.25) is 5.02 Å². The van der Waals surface area contributed by atoms with Gasteiger partial charge in [-0.25, -0.2) is 0 Å². The number of halogens is 1. The van der Waals surface area contributed by atoms with Crippen LogP contribution in [-0.2, 0) is 0 Å². The predicted molar refractivity (Wildman–Crippen MR) is 84.6 cm³/mol. The van der Waals surface area contributed by atoms with Gasteiger partial charge in [0.1, 0.15) is 6.17 Å². The smallest absolute Gasteiger partial charge is 0.257 e. The number of nitrogens with one attached hydrogen (secondary N) is 1.